The number of ether oxygens (including phenoxy) is 2. The molecule has 1 aliphatic rings. The highest BCUT2D eigenvalue weighted by Gasteiger charge is 2.30. The minimum Gasteiger partial charge on any atom is -0.477 e. The number of benzene rings is 2. The molecule has 3 aromatic rings. The molecule has 0 bridgehead atoms. The lowest BCUT2D eigenvalue weighted by atomic mass is 10.1. The number of para-hydroxylation sites is 2. The van der Waals surface area contributed by atoms with Crippen LogP contribution in [0.4, 0.5) is 16.2 Å². The van der Waals surface area contributed by atoms with Gasteiger partial charge in [0, 0.05) is 18.9 Å². The number of piperidine rings is 1. The van der Waals surface area contributed by atoms with Crippen LogP contribution in [-0.2, 0) is 0 Å². The topological polar surface area (TPSA) is 67.8 Å². The second-order valence-corrected chi connectivity index (χ2v) is 6.99. The molecule has 2 heterocycles. The Labute approximate surface area is 175 Å². The van der Waals surface area contributed by atoms with Gasteiger partial charge >= 0.3 is 6.03 Å². The average molecular weight is 404 g/mol. The van der Waals surface area contributed by atoms with E-state index < -0.39 is 0 Å². The van der Waals surface area contributed by atoms with Gasteiger partial charge in [0.2, 0.25) is 0 Å². The molecule has 1 saturated heterocycles. The Kier molecular flexibility index (Phi) is 6.08. The largest absolute Gasteiger partial charge is 0.477 e. The quantitative estimate of drug-likeness (QED) is 0.635. The van der Waals surface area contributed by atoms with Gasteiger partial charge in [-0.05, 0) is 37.1 Å². The van der Waals surface area contributed by atoms with E-state index in [0.29, 0.717) is 24.8 Å². The number of carbonyl (C=O) groups is 1. The summed E-state index contributed by atoms with van der Waals surface area (Å²) in [5.41, 5.74) is 1.65. The molecule has 0 N–H and O–H groups in total. The molecule has 1 aliphatic heterocycles. The van der Waals surface area contributed by atoms with Crippen molar-refractivity contribution in [3.8, 4) is 11.8 Å². The van der Waals surface area contributed by atoms with Crippen LogP contribution in [0.5, 0.6) is 11.8 Å². The second kappa shape index (κ2) is 9.26. The number of carbonyl (C=O) groups excluding carboxylic acids is 1. The third kappa shape index (κ3) is 4.35. The lowest BCUT2D eigenvalue weighted by Crippen LogP contribution is -2.49. The Bertz CT molecular complexity index is 929. The summed E-state index contributed by atoms with van der Waals surface area (Å²) in [5, 5.41) is 0. The zero-order valence-electron chi connectivity index (χ0n) is 16.8. The number of methoxy groups -OCH3 is 1. The standard InChI is InChI=1S/C23H24N4O3/c1-29-21-22(25-15-14-24-21)30-20-13-8-16-26(17-20)23(28)27(18-9-4-2-5-10-18)19-11-6-3-7-12-19/h2-7,9-12,14-15,20H,8,13,16-17H2,1H3. The van der Waals surface area contributed by atoms with Crippen LogP contribution in [-0.4, -0.2) is 47.2 Å². The van der Waals surface area contributed by atoms with E-state index in [0.717, 1.165) is 24.2 Å². The van der Waals surface area contributed by atoms with E-state index in [1.807, 2.05) is 65.6 Å². The smallest absolute Gasteiger partial charge is 0.329 e. The van der Waals surface area contributed by atoms with E-state index >= 15 is 0 Å². The summed E-state index contributed by atoms with van der Waals surface area (Å²) in [6, 6.07) is 19.3. The van der Waals surface area contributed by atoms with Crippen molar-refractivity contribution in [3.63, 3.8) is 0 Å². The van der Waals surface area contributed by atoms with Crippen LogP contribution in [0, 0.1) is 0 Å². The van der Waals surface area contributed by atoms with Crippen molar-refractivity contribution in [3.05, 3.63) is 73.1 Å². The molecule has 0 saturated carbocycles. The molecular formula is C23H24N4O3. The molecule has 2 amide bonds. The summed E-state index contributed by atoms with van der Waals surface area (Å²) >= 11 is 0. The van der Waals surface area contributed by atoms with Crippen molar-refractivity contribution < 1.29 is 14.3 Å². The number of nitrogens with zero attached hydrogens (tertiary/aromatic N) is 4. The fourth-order valence-corrected chi connectivity index (χ4v) is 3.56. The monoisotopic (exact) mass is 404 g/mol. The van der Waals surface area contributed by atoms with Crippen LogP contribution < -0.4 is 14.4 Å². The fourth-order valence-electron chi connectivity index (χ4n) is 3.56. The normalized spacial score (nSPS) is 16.0. The third-order valence-electron chi connectivity index (χ3n) is 4.97. The van der Waals surface area contributed by atoms with E-state index in [4.69, 9.17) is 9.47 Å². The van der Waals surface area contributed by atoms with Gasteiger partial charge in [-0.25, -0.2) is 14.8 Å². The molecular weight excluding hydrogens is 380 g/mol. The van der Waals surface area contributed by atoms with Crippen molar-refractivity contribution in [2.24, 2.45) is 0 Å². The van der Waals surface area contributed by atoms with E-state index in [9.17, 15) is 4.79 Å². The van der Waals surface area contributed by atoms with Crippen LogP contribution in [0.15, 0.2) is 73.1 Å². The number of hydrogen-bond donors (Lipinski definition) is 0. The van der Waals surface area contributed by atoms with E-state index in [-0.39, 0.29) is 12.1 Å². The zero-order valence-corrected chi connectivity index (χ0v) is 16.8. The summed E-state index contributed by atoms with van der Waals surface area (Å²) in [6.45, 7) is 1.14. The zero-order chi connectivity index (χ0) is 20.8. The van der Waals surface area contributed by atoms with Gasteiger partial charge in [0.1, 0.15) is 6.10 Å². The van der Waals surface area contributed by atoms with E-state index in [2.05, 4.69) is 9.97 Å². The van der Waals surface area contributed by atoms with Gasteiger partial charge in [-0.3, -0.25) is 4.90 Å². The first-order chi connectivity index (χ1) is 14.8. The SMILES string of the molecule is COc1nccnc1OC1CCCN(C(=O)N(c2ccccc2)c2ccccc2)C1. The molecule has 7 heteroatoms. The number of likely N-dealkylation sites (tertiary alicyclic amines) is 1. The van der Waals surface area contributed by atoms with Crippen LogP contribution in [0.3, 0.4) is 0 Å². The molecule has 154 valence electrons. The average Bonchev–Trinajstić information content (AvgIpc) is 2.81. The van der Waals surface area contributed by atoms with Crippen LogP contribution in [0.1, 0.15) is 12.8 Å². The molecule has 0 spiro atoms. The molecule has 1 fully saturated rings. The number of anilines is 2. The summed E-state index contributed by atoms with van der Waals surface area (Å²) < 4.78 is 11.3. The molecule has 1 unspecified atom stereocenters. The lowest BCUT2D eigenvalue weighted by Gasteiger charge is -2.36. The molecule has 0 aliphatic carbocycles. The van der Waals surface area contributed by atoms with Crippen LogP contribution in [0.2, 0.25) is 0 Å². The van der Waals surface area contributed by atoms with E-state index in [1.54, 1.807) is 17.3 Å². The first-order valence-corrected chi connectivity index (χ1v) is 9.97. The maximum atomic E-state index is 13.6. The molecule has 1 atom stereocenters. The summed E-state index contributed by atoms with van der Waals surface area (Å²) in [6.07, 6.45) is 4.62. The highest BCUT2D eigenvalue weighted by Crippen LogP contribution is 2.29. The molecule has 1 aromatic heterocycles. The maximum Gasteiger partial charge on any atom is 0.329 e. The maximum absolute atomic E-state index is 13.6. The minimum absolute atomic E-state index is 0.0770. The van der Waals surface area contributed by atoms with Gasteiger partial charge in [0.15, 0.2) is 0 Å². The van der Waals surface area contributed by atoms with Gasteiger partial charge < -0.3 is 14.4 Å². The Morgan fingerprint density at radius 1 is 0.967 bits per heavy atom. The Morgan fingerprint density at radius 3 is 2.17 bits per heavy atom. The van der Waals surface area contributed by atoms with Gasteiger partial charge in [-0.1, -0.05) is 36.4 Å². The molecule has 7 nitrogen and oxygen atoms in total. The van der Waals surface area contributed by atoms with Crippen molar-refractivity contribution in [2.75, 3.05) is 25.1 Å². The molecule has 0 radical (unpaired) electrons. The lowest BCUT2D eigenvalue weighted by molar-refractivity contribution is 0.0974. The third-order valence-corrected chi connectivity index (χ3v) is 4.97. The highest BCUT2D eigenvalue weighted by atomic mass is 16.5. The van der Waals surface area contributed by atoms with Crippen molar-refractivity contribution >= 4 is 17.4 Å². The number of hydrogen-bond acceptors (Lipinski definition) is 5. The first-order valence-electron chi connectivity index (χ1n) is 9.97. The van der Waals surface area contributed by atoms with Crippen molar-refractivity contribution in [1.29, 1.82) is 0 Å². The predicted octanol–water partition coefficient (Wildman–Crippen LogP) is 4.29. The minimum atomic E-state index is -0.179. The highest BCUT2D eigenvalue weighted by molar-refractivity contribution is 5.99. The van der Waals surface area contributed by atoms with E-state index in [1.165, 1.54) is 7.11 Å². The summed E-state index contributed by atoms with van der Waals surface area (Å²) in [7, 11) is 1.53. The summed E-state index contributed by atoms with van der Waals surface area (Å²) in [4.78, 5) is 25.5. The molecule has 2 aromatic carbocycles. The van der Waals surface area contributed by atoms with Gasteiger partial charge in [0.05, 0.1) is 25.0 Å². The second-order valence-electron chi connectivity index (χ2n) is 6.99. The predicted molar refractivity (Wildman–Crippen MR) is 114 cm³/mol. The number of amides is 2. The van der Waals surface area contributed by atoms with Crippen molar-refractivity contribution in [2.45, 2.75) is 18.9 Å². The molecule has 30 heavy (non-hydrogen) atoms. The number of urea groups is 1. The van der Waals surface area contributed by atoms with Gasteiger partial charge in [0.25, 0.3) is 11.8 Å². The Hall–Kier alpha value is -3.61. The van der Waals surface area contributed by atoms with Gasteiger partial charge in [-0.15, -0.1) is 0 Å². The van der Waals surface area contributed by atoms with Gasteiger partial charge in [-0.2, -0.15) is 0 Å². The van der Waals surface area contributed by atoms with Crippen molar-refractivity contribution in [1.82, 2.24) is 14.9 Å². The Balaban J connectivity index is 1.54. The fraction of sp³-hybridized carbons (Fsp3) is 0.261. The Morgan fingerprint density at radius 2 is 1.57 bits per heavy atom. The number of aromatic nitrogens is 2. The summed E-state index contributed by atoms with van der Waals surface area (Å²) in [5.74, 6) is 0.693. The van der Waals surface area contributed by atoms with Crippen LogP contribution in [0.25, 0.3) is 0 Å². The van der Waals surface area contributed by atoms with Crippen LogP contribution >= 0.6 is 0 Å². The first kappa shape index (κ1) is 19.7. The molecule has 4 rings (SSSR count). The number of rotatable bonds is 5.